The van der Waals surface area contributed by atoms with Crippen LogP contribution in [0.25, 0.3) is 5.57 Å². The van der Waals surface area contributed by atoms with Crippen molar-refractivity contribution in [3.05, 3.63) is 54.2 Å². The Bertz CT molecular complexity index is 458. The first-order chi connectivity index (χ1) is 7.31. The molecule has 15 heavy (non-hydrogen) atoms. The van der Waals surface area contributed by atoms with Crippen LogP contribution in [-0.2, 0) is 4.79 Å². The van der Waals surface area contributed by atoms with Crippen molar-refractivity contribution < 1.29 is 4.79 Å². The van der Waals surface area contributed by atoms with Crippen LogP contribution < -0.4 is 0 Å². The third kappa shape index (κ3) is 1.91. The summed E-state index contributed by atoms with van der Waals surface area (Å²) in [4.78, 5) is 19.1. The number of carbonyl (C=O) groups excluding carboxylic acids is 1. The lowest BCUT2D eigenvalue weighted by Gasteiger charge is -2.11. The molecule has 3 nitrogen and oxygen atoms in total. The van der Waals surface area contributed by atoms with Gasteiger partial charge in [-0.05, 0) is 18.6 Å². The van der Waals surface area contributed by atoms with E-state index in [0.717, 1.165) is 23.9 Å². The van der Waals surface area contributed by atoms with E-state index in [-0.39, 0.29) is 0 Å². The fourth-order valence-corrected chi connectivity index (χ4v) is 1.46. The molecule has 0 radical (unpaired) electrons. The van der Waals surface area contributed by atoms with Gasteiger partial charge in [0.05, 0.1) is 0 Å². The SMILES string of the molecule is C=C1C=C(C=O)C(c2ncccn2)=CC1. The molecule has 0 spiro atoms. The molecule has 74 valence electrons. The van der Waals surface area contributed by atoms with Gasteiger partial charge in [-0.2, -0.15) is 0 Å². The van der Waals surface area contributed by atoms with Crippen LogP contribution in [0.15, 0.2) is 48.3 Å². The van der Waals surface area contributed by atoms with Gasteiger partial charge in [-0.3, -0.25) is 4.79 Å². The van der Waals surface area contributed by atoms with Crippen LogP contribution in [0.1, 0.15) is 12.2 Å². The van der Waals surface area contributed by atoms with Crippen LogP contribution in [0.5, 0.6) is 0 Å². The van der Waals surface area contributed by atoms with Crippen molar-refractivity contribution in [2.24, 2.45) is 0 Å². The molecular formula is C12H10N2O. The number of hydrogen-bond acceptors (Lipinski definition) is 3. The first-order valence-corrected chi connectivity index (χ1v) is 4.64. The molecule has 0 aromatic carbocycles. The summed E-state index contributed by atoms with van der Waals surface area (Å²) in [5, 5.41) is 0. The molecule has 0 unspecified atom stereocenters. The summed E-state index contributed by atoms with van der Waals surface area (Å²) < 4.78 is 0. The van der Waals surface area contributed by atoms with Gasteiger partial charge < -0.3 is 0 Å². The zero-order valence-electron chi connectivity index (χ0n) is 8.18. The van der Waals surface area contributed by atoms with E-state index in [2.05, 4.69) is 16.5 Å². The van der Waals surface area contributed by atoms with E-state index in [4.69, 9.17) is 0 Å². The van der Waals surface area contributed by atoms with Gasteiger partial charge in [-0.25, -0.2) is 9.97 Å². The zero-order valence-corrected chi connectivity index (χ0v) is 8.18. The molecule has 0 saturated carbocycles. The quantitative estimate of drug-likeness (QED) is 0.682. The third-order valence-electron chi connectivity index (χ3n) is 2.17. The summed E-state index contributed by atoms with van der Waals surface area (Å²) in [5.74, 6) is 0.586. The molecule has 1 aliphatic rings. The maximum absolute atomic E-state index is 10.9. The van der Waals surface area contributed by atoms with Crippen molar-refractivity contribution in [1.29, 1.82) is 0 Å². The first kappa shape index (κ1) is 9.52. The Kier molecular flexibility index (Phi) is 2.54. The average molecular weight is 198 g/mol. The van der Waals surface area contributed by atoms with Gasteiger partial charge in [-0.1, -0.05) is 18.2 Å². The minimum absolute atomic E-state index is 0.586. The number of carbonyl (C=O) groups is 1. The van der Waals surface area contributed by atoms with Crippen LogP contribution in [0, 0.1) is 0 Å². The molecule has 0 aliphatic heterocycles. The normalized spacial score (nSPS) is 15.6. The van der Waals surface area contributed by atoms with Crippen LogP contribution in [0.3, 0.4) is 0 Å². The maximum atomic E-state index is 10.9. The average Bonchev–Trinajstić information content (AvgIpc) is 2.30. The van der Waals surface area contributed by atoms with Gasteiger partial charge >= 0.3 is 0 Å². The predicted molar refractivity (Wildman–Crippen MR) is 57.9 cm³/mol. The molecular weight excluding hydrogens is 188 g/mol. The highest BCUT2D eigenvalue weighted by atomic mass is 16.1. The molecule has 1 heterocycles. The zero-order chi connectivity index (χ0) is 10.7. The van der Waals surface area contributed by atoms with E-state index in [0.29, 0.717) is 11.4 Å². The monoisotopic (exact) mass is 198 g/mol. The Morgan fingerprint density at radius 2 is 2.07 bits per heavy atom. The summed E-state index contributed by atoms with van der Waals surface area (Å²) in [6.45, 7) is 3.82. The van der Waals surface area contributed by atoms with Crippen molar-refractivity contribution in [3.63, 3.8) is 0 Å². The Balaban J connectivity index is 2.42. The lowest BCUT2D eigenvalue weighted by molar-refractivity contribution is -0.104. The van der Waals surface area contributed by atoms with Crippen molar-refractivity contribution in [1.82, 2.24) is 9.97 Å². The van der Waals surface area contributed by atoms with Crippen LogP contribution in [-0.4, -0.2) is 16.3 Å². The summed E-state index contributed by atoms with van der Waals surface area (Å²) in [7, 11) is 0. The number of hydrogen-bond donors (Lipinski definition) is 0. The lowest BCUT2D eigenvalue weighted by Crippen LogP contribution is -2.01. The van der Waals surface area contributed by atoms with Crippen molar-refractivity contribution in [3.8, 4) is 0 Å². The van der Waals surface area contributed by atoms with Gasteiger partial charge in [0.1, 0.15) is 0 Å². The molecule has 0 saturated heterocycles. The molecule has 1 aromatic heterocycles. The standard InChI is InChI=1S/C12H10N2O/c1-9-3-4-11(10(7-9)8-15)12-13-5-2-6-14-12/h2,4-8H,1,3H2. The molecule has 3 heteroatoms. The second kappa shape index (κ2) is 4.00. The van der Waals surface area contributed by atoms with E-state index in [1.165, 1.54) is 0 Å². The lowest BCUT2D eigenvalue weighted by atomic mass is 9.95. The predicted octanol–water partition coefficient (Wildman–Crippen LogP) is 1.95. The summed E-state index contributed by atoms with van der Waals surface area (Å²) in [5.41, 5.74) is 2.31. The number of rotatable bonds is 2. The van der Waals surface area contributed by atoms with Gasteiger partial charge in [-0.15, -0.1) is 0 Å². The van der Waals surface area contributed by atoms with E-state index < -0.39 is 0 Å². The smallest absolute Gasteiger partial charge is 0.159 e. The summed E-state index contributed by atoms with van der Waals surface area (Å²) in [6.07, 6.45) is 8.58. The van der Waals surface area contributed by atoms with E-state index in [1.54, 1.807) is 24.5 Å². The molecule has 2 rings (SSSR count). The van der Waals surface area contributed by atoms with Gasteiger partial charge in [0.2, 0.25) is 0 Å². The van der Waals surface area contributed by atoms with Crippen LogP contribution in [0.2, 0.25) is 0 Å². The van der Waals surface area contributed by atoms with E-state index >= 15 is 0 Å². The van der Waals surface area contributed by atoms with E-state index in [1.807, 2.05) is 6.08 Å². The molecule has 0 fully saturated rings. The Hall–Kier alpha value is -2.03. The van der Waals surface area contributed by atoms with Crippen molar-refractivity contribution >= 4 is 11.9 Å². The highest BCUT2D eigenvalue weighted by Crippen LogP contribution is 2.25. The third-order valence-corrected chi connectivity index (χ3v) is 2.17. The largest absolute Gasteiger partial charge is 0.298 e. The summed E-state index contributed by atoms with van der Waals surface area (Å²) >= 11 is 0. The minimum atomic E-state index is 0.586. The number of allylic oxidation sites excluding steroid dienone is 5. The molecule has 0 N–H and O–H groups in total. The second-order valence-corrected chi connectivity index (χ2v) is 3.27. The number of aromatic nitrogens is 2. The minimum Gasteiger partial charge on any atom is -0.298 e. The number of aldehydes is 1. The summed E-state index contributed by atoms with van der Waals surface area (Å²) in [6, 6.07) is 1.75. The molecule has 1 aliphatic carbocycles. The van der Waals surface area contributed by atoms with Crippen molar-refractivity contribution in [2.75, 3.05) is 0 Å². The number of nitrogens with zero attached hydrogens (tertiary/aromatic N) is 2. The second-order valence-electron chi connectivity index (χ2n) is 3.27. The van der Waals surface area contributed by atoms with Crippen LogP contribution in [0.4, 0.5) is 0 Å². The first-order valence-electron chi connectivity index (χ1n) is 4.64. The Morgan fingerprint density at radius 1 is 1.33 bits per heavy atom. The highest BCUT2D eigenvalue weighted by molar-refractivity contribution is 5.98. The van der Waals surface area contributed by atoms with E-state index in [9.17, 15) is 4.79 Å². The molecule has 0 amide bonds. The maximum Gasteiger partial charge on any atom is 0.159 e. The van der Waals surface area contributed by atoms with Crippen LogP contribution >= 0.6 is 0 Å². The topological polar surface area (TPSA) is 42.9 Å². The molecule has 0 atom stereocenters. The molecule has 0 bridgehead atoms. The molecule has 1 aromatic rings. The Labute approximate surface area is 87.9 Å². The highest BCUT2D eigenvalue weighted by Gasteiger charge is 2.13. The fraction of sp³-hybridized carbons (Fsp3) is 0.0833. The fourth-order valence-electron chi connectivity index (χ4n) is 1.46. The Morgan fingerprint density at radius 3 is 2.73 bits per heavy atom. The van der Waals surface area contributed by atoms with Gasteiger partial charge in [0.15, 0.2) is 12.1 Å². The van der Waals surface area contributed by atoms with Crippen molar-refractivity contribution in [2.45, 2.75) is 6.42 Å². The van der Waals surface area contributed by atoms with Gasteiger partial charge in [0.25, 0.3) is 0 Å². The van der Waals surface area contributed by atoms with Gasteiger partial charge in [0, 0.05) is 23.5 Å².